The van der Waals surface area contributed by atoms with Crippen LogP contribution in [0.5, 0.6) is 5.75 Å². The van der Waals surface area contributed by atoms with Gasteiger partial charge in [-0.05, 0) is 69.3 Å². The van der Waals surface area contributed by atoms with Gasteiger partial charge in [-0.3, -0.25) is 4.79 Å². The third-order valence-electron chi connectivity index (χ3n) is 3.22. The molecule has 1 atom stereocenters. The first kappa shape index (κ1) is 18.4. The van der Waals surface area contributed by atoms with Crippen molar-refractivity contribution in [2.75, 3.05) is 5.32 Å². The number of amides is 1. The van der Waals surface area contributed by atoms with Crippen LogP contribution in [0, 0.1) is 5.82 Å². The Bertz CT molecular complexity index is 726. The molecule has 0 aliphatic carbocycles. The zero-order valence-electron chi connectivity index (χ0n) is 14.3. The molecule has 0 heterocycles. The van der Waals surface area contributed by atoms with E-state index in [0.29, 0.717) is 17.0 Å². The van der Waals surface area contributed by atoms with Crippen LogP contribution in [0.4, 0.5) is 10.1 Å². The van der Waals surface area contributed by atoms with E-state index in [1.165, 1.54) is 24.3 Å². The fourth-order valence-electron chi connectivity index (χ4n) is 2.00. The second-order valence-electron chi connectivity index (χ2n) is 5.73. The molecule has 0 saturated carbocycles. The van der Waals surface area contributed by atoms with Gasteiger partial charge in [0.1, 0.15) is 11.6 Å². The van der Waals surface area contributed by atoms with Gasteiger partial charge in [-0.15, -0.1) is 0 Å². The Labute approximate surface area is 145 Å². The van der Waals surface area contributed by atoms with Gasteiger partial charge in [0.2, 0.25) is 0 Å². The fourth-order valence-corrected chi connectivity index (χ4v) is 2.00. The van der Waals surface area contributed by atoms with Gasteiger partial charge in [-0.1, -0.05) is 0 Å². The largest absolute Gasteiger partial charge is 0.479 e. The number of nitrogens with one attached hydrogen (secondary N) is 1. The predicted octanol–water partition coefficient (Wildman–Crippen LogP) is 3.80. The number of anilines is 1. The second-order valence-corrected chi connectivity index (χ2v) is 5.73. The molecule has 0 unspecified atom stereocenters. The molecule has 0 radical (unpaired) electrons. The molecule has 0 fully saturated rings. The Balaban J connectivity index is 1.95. The number of hydrogen-bond donors (Lipinski definition) is 1. The van der Waals surface area contributed by atoms with Crippen molar-refractivity contribution in [1.82, 2.24) is 0 Å². The van der Waals surface area contributed by atoms with Crippen molar-refractivity contribution in [3.05, 3.63) is 59.9 Å². The Morgan fingerprint density at radius 2 is 1.56 bits per heavy atom. The van der Waals surface area contributed by atoms with E-state index in [1.807, 2.05) is 0 Å². The number of ether oxygens (including phenoxy) is 2. The Morgan fingerprint density at radius 3 is 2.12 bits per heavy atom. The van der Waals surface area contributed by atoms with E-state index in [2.05, 4.69) is 5.32 Å². The van der Waals surface area contributed by atoms with Gasteiger partial charge in [-0.2, -0.15) is 0 Å². The van der Waals surface area contributed by atoms with Gasteiger partial charge in [0, 0.05) is 11.3 Å². The van der Waals surface area contributed by atoms with Crippen molar-refractivity contribution in [3.63, 3.8) is 0 Å². The summed E-state index contributed by atoms with van der Waals surface area (Å²) in [7, 11) is 0. The first-order valence-electron chi connectivity index (χ1n) is 7.89. The van der Waals surface area contributed by atoms with Crippen LogP contribution in [0.2, 0.25) is 0 Å². The summed E-state index contributed by atoms with van der Waals surface area (Å²) in [5.74, 6) is -0.699. The van der Waals surface area contributed by atoms with Gasteiger partial charge < -0.3 is 14.8 Å². The van der Waals surface area contributed by atoms with Crippen LogP contribution >= 0.6 is 0 Å². The van der Waals surface area contributed by atoms with E-state index in [4.69, 9.17) is 9.47 Å². The van der Waals surface area contributed by atoms with E-state index < -0.39 is 12.1 Å². The van der Waals surface area contributed by atoms with Crippen LogP contribution in [0.15, 0.2) is 48.5 Å². The van der Waals surface area contributed by atoms with E-state index in [1.54, 1.807) is 45.0 Å². The summed E-state index contributed by atoms with van der Waals surface area (Å²) in [5, 5.41) is 2.66. The molecule has 0 aliphatic rings. The number of carbonyl (C=O) groups excluding carboxylic acids is 2. The number of esters is 1. The highest BCUT2D eigenvalue weighted by Crippen LogP contribution is 2.16. The predicted molar refractivity (Wildman–Crippen MR) is 92.1 cm³/mol. The molecule has 0 bridgehead atoms. The van der Waals surface area contributed by atoms with Gasteiger partial charge in [-0.25, -0.2) is 9.18 Å². The second kappa shape index (κ2) is 8.28. The lowest BCUT2D eigenvalue weighted by atomic mass is 10.2. The van der Waals surface area contributed by atoms with E-state index in [-0.39, 0.29) is 17.8 Å². The zero-order chi connectivity index (χ0) is 18.4. The van der Waals surface area contributed by atoms with Crippen LogP contribution < -0.4 is 10.1 Å². The van der Waals surface area contributed by atoms with Crippen molar-refractivity contribution in [1.29, 1.82) is 0 Å². The quantitative estimate of drug-likeness (QED) is 0.809. The Hall–Kier alpha value is -2.89. The molecule has 5 nitrogen and oxygen atoms in total. The average molecular weight is 345 g/mol. The standard InChI is InChI=1S/C19H20FNO4/c1-12(2)24-19(23)13(3)25-17-10-4-14(5-11-17)18(22)21-16-8-6-15(20)7-9-16/h4-13H,1-3H3,(H,21,22)/t13-/m1/s1. The smallest absolute Gasteiger partial charge is 0.347 e. The van der Waals surface area contributed by atoms with Crippen molar-refractivity contribution in [2.45, 2.75) is 33.0 Å². The SMILES string of the molecule is CC(C)OC(=O)[C@@H](C)Oc1ccc(C(=O)Nc2ccc(F)cc2)cc1. The summed E-state index contributed by atoms with van der Waals surface area (Å²) < 4.78 is 23.4. The first-order valence-corrected chi connectivity index (χ1v) is 7.89. The average Bonchev–Trinajstić information content (AvgIpc) is 2.57. The molecule has 0 aliphatic heterocycles. The molecule has 1 amide bonds. The highest BCUT2D eigenvalue weighted by atomic mass is 19.1. The number of benzene rings is 2. The van der Waals surface area contributed by atoms with Crippen LogP contribution in [0.1, 0.15) is 31.1 Å². The highest BCUT2D eigenvalue weighted by Gasteiger charge is 2.17. The maximum Gasteiger partial charge on any atom is 0.347 e. The molecule has 2 rings (SSSR count). The molecule has 0 aromatic heterocycles. The molecule has 132 valence electrons. The fraction of sp³-hybridized carbons (Fsp3) is 0.263. The lowest BCUT2D eigenvalue weighted by Gasteiger charge is -2.16. The lowest BCUT2D eigenvalue weighted by molar-refractivity contribution is -0.154. The zero-order valence-corrected chi connectivity index (χ0v) is 14.3. The summed E-state index contributed by atoms with van der Waals surface area (Å²) in [6.45, 7) is 5.12. The van der Waals surface area contributed by atoms with Crippen molar-refractivity contribution < 1.29 is 23.5 Å². The van der Waals surface area contributed by atoms with Crippen LogP contribution in [-0.4, -0.2) is 24.1 Å². The summed E-state index contributed by atoms with van der Waals surface area (Å²) >= 11 is 0. The van der Waals surface area contributed by atoms with E-state index in [9.17, 15) is 14.0 Å². The molecular weight excluding hydrogens is 325 g/mol. The first-order chi connectivity index (χ1) is 11.8. The molecule has 2 aromatic rings. The molecule has 0 saturated heterocycles. The van der Waals surface area contributed by atoms with E-state index >= 15 is 0 Å². The molecule has 2 aromatic carbocycles. The van der Waals surface area contributed by atoms with Gasteiger partial charge in [0.05, 0.1) is 6.10 Å². The normalized spacial score (nSPS) is 11.7. The molecule has 1 N–H and O–H groups in total. The summed E-state index contributed by atoms with van der Waals surface area (Å²) in [4.78, 5) is 23.9. The topological polar surface area (TPSA) is 64.6 Å². The summed E-state index contributed by atoms with van der Waals surface area (Å²) in [6, 6.07) is 11.8. The monoisotopic (exact) mass is 345 g/mol. The van der Waals surface area contributed by atoms with Gasteiger partial charge >= 0.3 is 5.97 Å². The van der Waals surface area contributed by atoms with Crippen molar-refractivity contribution in [2.24, 2.45) is 0 Å². The summed E-state index contributed by atoms with van der Waals surface area (Å²) in [6.07, 6.45) is -0.961. The Morgan fingerprint density at radius 1 is 0.960 bits per heavy atom. The minimum atomic E-state index is -0.749. The molecular formula is C19H20FNO4. The van der Waals surface area contributed by atoms with Crippen molar-refractivity contribution >= 4 is 17.6 Å². The van der Waals surface area contributed by atoms with Crippen LogP contribution in [0.25, 0.3) is 0 Å². The minimum Gasteiger partial charge on any atom is -0.479 e. The minimum absolute atomic E-state index is 0.212. The van der Waals surface area contributed by atoms with E-state index in [0.717, 1.165) is 0 Å². The lowest BCUT2D eigenvalue weighted by Crippen LogP contribution is -2.28. The third-order valence-corrected chi connectivity index (χ3v) is 3.22. The van der Waals surface area contributed by atoms with Crippen LogP contribution in [-0.2, 0) is 9.53 Å². The molecule has 0 spiro atoms. The molecule has 25 heavy (non-hydrogen) atoms. The molecule has 6 heteroatoms. The maximum atomic E-state index is 12.9. The summed E-state index contributed by atoms with van der Waals surface area (Å²) in [5.41, 5.74) is 0.908. The van der Waals surface area contributed by atoms with Gasteiger partial charge in [0.25, 0.3) is 5.91 Å². The third kappa shape index (κ3) is 5.60. The number of carbonyl (C=O) groups is 2. The number of halogens is 1. The van der Waals surface area contributed by atoms with Crippen molar-refractivity contribution in [3.8, 4) is 5.75 Å². The highest BCUT2D eigenvalue weighted by molar-refractivity contribution is 6.04. The van der Waals surface area contributed by atoms with Crippen LogP contribution in [0.3, 0.4) is 0 Å². The number of rotatable bonds is 6. The maximum absolute atomic E-state index is 12.9. The number of hydrogen-bond acceptors (Lipinski definition) is 4. The van der Waals surface area contributed by atoms with Gasteiger partial charge in [0.15, 0.2) is 6.10 Å². The Kier molecular flexibility index (Phi) is 6.11.